The molecule has 2 atom stereocenters. The van der Waals surface area contributed by atoms with Gasteiger partial charge in [0.05, 0.1) is 24.3 Å². The summed E-state index contributed by atoms with van der Waals surface area (Å²) in [6.45, 7) is 2.14. The van der Waals surface area contributed by atoms with Crippen molar-refractivity contribution in [1.82, 2.24) is 30.5 Å². The van der Waals surface area contributed by atoms with Crippen LogP contribution in [0.2, 0.25) is 0 Å². The van der Waals surface area contributed by atoms with E-state index in [9.17, 15) is 23.1 Å². The van der Waals surface area contributed by atoms with E-state index in [1.165, 1.54) is 12.4 Å². The van der Waals surface area contributed by atoms with E-state index in [1.54, 1.807) is 26.1 Å². The fourth-order valence-corrected chi connectivity index (χ4v) is 2.94. The maximum Gasteiger partial charge on any atom is 0.401 e. The average molecular weight is 438 g/mol. The zero-order chi connectivity index (χ0) is 22.8. The fraction of sp³-hybridized carbons (Fsp3) is 0.389. The maximum absolute atomic E-state index is 12.5. The number of halogens is 3. The number of H-pyrrole nitrogens is 1. The lowest BCUT2D eigenvalue weighted by Gasteiger charge is -2.28. The lowest BCUT2D eigenvalue weighted by Crippen LogP contribution is -2.49. The predicted molar refractivity (Wildman–Crippen MR) is 106 cm³/mol. The summed E-state index contributed by atoms with van der Waals surface area (Å²) in [5.41, 5.74) is 6.49. The van der Waals surface area contributed by atoms with Crippen LogP contribution in [0.5, 0.6) is 0 Å². The number of aliphatic hydroxyl groups excluding tert-OH is 1. The highest BCUT2D eigenvalue weighted by molar-refractivity contribution is 5.99. The molecule has 0 radical (unpaired) electrons. The number of hydrogen-bond acceptors (Lipinski definition) is 8. The number of aromatic nitrogens is 5. The molecule has 0 bridgehead atoms. The van der Waals surface area contributed by atoms with Crippen LogP contribution in [0.4, 0.5) is 19.0 Å². The Labute approximate surface area is 174 Å². The fourth-order valence-electron chi connectivity index (χ4n) is 2.94. The molecule has 31 heavy (non-hydrogen) atoms. The number of amides is 1. The molecule has 3 rings (SSSR count). The maximum atomic E-state index is 12.5. The Hall–Kier alpha value is -3.32. The van der Waals surface area contributed by atoms with Gasteiger partial charge in [-0.2, -0.15) is 18.3 Å². The van der Waals surface area contributed by atoms with Gasteiger partial charge in [0.15, 0.2) is 5.82 Å². The summed E-state index contributed by atoms with van der Waals surface area (Å²) in [6.07, 6.45) is -1.74. The number of anilines is 1. The SMILES string of the molecule is CC(C)C(Nc1cnnc(-c2c[nH]c3ncc(C(N)=O)cc23)n1)C(O)NCC(F)(F)F. The normalized spacial score (nSPS) is 14.0. The van der Waals surface area contributed by atoms with Gasteiger partial charge in [0.1, 0.15) is 17.7 Å². The summed E-state index contributed by atoms with van der Waals surface area (Å²) in [4.78, 5) is 22.9. The number of carbonyl (C=O) groups is 1. The highest BCUT2D eigenvalue weighted by Crippen LogP contribution is 2.26. The standard InChI is InChI=1S/C18H21F3N8O2/c1-8(2)13(17(31)25-7-18(19,20)21)27-12-6-26-29-16(28-12)11-5-24-15-10(11)3-9(4-23-15)14(22)30/h3-6,8,13,17,25,31H,7H2,1-2H3,(H2,22,30)(H,23,24)(H,27,28,29). The highest BCUT2D eigenvalue weighted by Gasteiger charge is 2.31. The molecule has 10 nitrogen and oxygen atoms in total. The van der Waals surface area contributed by atoms with Gasteiger partial charge in [0.2, 0.25) is 5.91 Å². The number of nitrogens with two attached hydrogens (primary N) is 1. The molecular weight excluding hydrogens is 417 g/mol. The van der Waals surface area contributed by atoms with Crippen LogP contribution in [0, 0.1) is 5.92 Å². The number of fused-ring (bicyclic) bond motifs is 1. The summed E-state index contributed by atoms with van der Waals surface area (Å²) in [7, 11) is 0. The Morgan fingerprint density at radius 2 is 2.06 bits per heavy atom. The third-order valence-electron chi connectivity index (χ3n) is 4.50. The van der Waals surface area contributed by atoms with Gasteiger partial charge in [0.25, 0.3) is 0 Å². The van der Waals surface area contributed by atoms with Crippen molar-refractivity contribution in [3.8, 4) is 11.4 Å². The van der Waals surface area contributed by atoms with Crippen molar-refractivity contribution in [1.29, 1.82) is 0 Å². The van der Waals surface area contributed by atoms with E-state index in [2.05, 4.69) is 35.8 Å². The Morgan fingerprint density at radius 3 is 2.71 bits per heavy atom. The summed E-state index contributed by atoms with van der Waals surface area (Å²) in [5, 5.41) is 23.5. The molecule has 3 aromatic rings. The van der Waals surface area contributed by atoms with E-state index in [0.717, 1.165) is 0 Å². The van der Waals surface area contributed by atoms with E-state index in [4.69, 9.17) is 5.73 Å². The van der Waals surface area contributed by atoms with E-state index < -0.39 is 30.9 Å². The molecule has 0 saturated carbocycles. The first-order valence-electron chi connectivity index (χ1n) is 9.27. The van der Waals surface area contributed by atoms with E-state index in [-0.39, 0.29) is 23.1 Å². The minimum atomic E-state index is -4.46. The molecule has 0 aliphatic heterocycles. The molecule has 0 aliphatic carbocycles. The number of nitrogens with one attached hydrogen (secondary N) is 3. The largest absolute Gasteiger partial charge is 0.401 e. The van der Waals surface area contributed by atoms with Crippen molar-refractivity contribution >= 4 is 22.8 Å². The van der Waals surface area contributed by atoms with Gasteiger partial charge < -0.3 is 21.1 Å². The first-order chi connectivity index (χ1) is 14.5. The number of hydrogen-bond donors (Lipinski definition) is 5. The Morgan fingerprint density at radius 1 is 1.32 bits per heavy atom. The molecule has 1 amide bonds. The van der Waals surface area contributed by atoms with E-state index in [1.807, 2.05) is 0 Å². The van der Waals surface area contributed by atoms with E-state index >= 15 is 0 Å². The average Bonchev–Trinajstić information content (AvgIpc) is 3.13. The van der Waals surface area contributed by atoms with Gasteiger partial charge in [-0.25, -0.2) is 9.97 Å². The predicted octanol–water partition coefficient (Wildman–Crippen LogP) is 1.42. The highest BCUT2D eigenvalue weighted by atomic mass is 19.4. The summed E-state index contributed by atoms with van der Waals surface area (Å²) in [6, 6.07) is 0.750. The van der Waals surface area contributed by atoms with Crippen LogP contribution in [0.15, 0.2) is 24.7 Å². The second kappa shape index (κ2) is 8.81. The smallest absolute Gasteiger partial charge is 0.376 e. The molecule has 6 N–H and O–H groups in total. The van der Waals surface area contributed by atoms with Crippen LogP contribution in [0.25, 0.3) is 22.4 Å². The van der Waals surface area contributed by atoms with Gasteiger partial charge in [0, 0.05) is 23.3 Å². The molecular formula is C18H21F3N8O2. The van der Waals surface area contributed by atoms with Gasteiger partial charge in [-0.3, -0.25) is 10.1 Å². The zero-order valence-electron chi connectivity index (χ0n) is 16.6. The van der Waals surface area contributed by atoms with Crippen LogP contribution in [0.3, 0.4) is 0 Å². The Kier molecular flexibility index (Phi) is 6.36. The van der Waals surface area contributed by atoms with Gasteiger partial charge >= 0.3 is 6.18 Å². The van der Waals surface area contributed by atoms with Crippen molar-refractivity contribution in [3.63, 3.8) is 0 Å². The number of aromatic amines is 1. The van der Waals surface area contributed by atoms with Gasteiger partial charge in [-0.1, -0.05) is 13.8 Å². The molecule has 0 aliphatic rings. The zero-order valence-corrected chi connectivity index (χ0v) is 16.6. The number of nitrogens with zero attached hydrogens (tertiary/aromatic N) is 4. The first kappa shape index (κ1) is 22.4. The molecule has 0 aromatic carbocycles. The molecule has 0 spiro atoms. The molecule has 0 saturated heterocycles. The molecule has 3 aromatic heterocycles. The number of alkyl halides is 3. The third-order valence-corrected chi connectivity index (χ3v) is 4.50. The van der Waals surface area contributed by atoms with Crippen LogP contribution in [-0.2, 0) is 0 Å². The van der Waals surface area contributed by atoms with Crippen LogP contribution in [0.1, 0.15) is 24.2 Å². The van der Waals surface area contributed by atoms with Gasteiger partial charge in [-0.05, 0) is 12.0 Å². The molecule has 0 fully saturated rings. The number of primary amides is 1. The van der Waals surface area contributed by atoms with Crippen molar-refractivity contribution in [2.24, 2.45) is 11.7 Å². The van der Waals surface area contributed by atoms with Crippen molar-refractivity contribution in [2.75, 3.05) is 11.9 Å². The minimum Gasteiger partial charge on any atom is -0.376 e. The Bertz CT molecular complexity index is 1070. The Balaban J connectivity index is 1.86. The number of rotatable bonds is 8. The lowest BCUT2D eigenvalue weighted by atomic mass is 10.0. The molecule has 13 heteroatoms. The van der Waals surface area contributed by atoms with Gasteiger partial charge in [-0.15, -0.1) is 5.10 Å². The molecule has 3 heterocycles. The topological polar surface area (TPSA) is 155 Å². The number of pyridine rings is 1. The summed E-state index contributed by atoms with van der Waals surface area (Å²) in [5.74, 6) is -0.509. The number of aliphatic hydroxyl groups is 1. The van der Waals surface area contributed by atoms with Crippen LogP contribution in [-0.4, -0.2) is 61.2 Å². The van der Waals surface area contributed by atoms with E-state index in [0.29, 0.717) is 16.6 Å². The number of carbonyl (C=O) groups excluding carboxylic acids is 1. The van der Waals surface area contributed by atoms with Crippen LogP contribution < -0.4 is 16.4 Å². The van der Waals surface area contributed by atoms with Crippen molar-refractivity contribution in [3.05, 3.63) is 30.2 Å². The summed E-state index contributed by atoms with van der Waals surface area (Å²) < 4.78 is 37.4. The van der Waals surface area contributed by atoms with Crippen molar-refractivity contribution in [2.45, 2.75) is 32.3 Å². The second-order valence-corrected chi connectivity index (χ2v) is 7.21. The van der Waals surface area contributed by atoms with Crippen LogP contribution >= 0.6 is 0 Å². The monoisotopic (exact) mass is 438 g/mol. The molecule has 2 unspecified atom stereocenters. The third kappa shape index (κ3) is 5.44. The summed E-state index contributed by atoms with van der Waals surface area (Å²) >= 11 is 0. The quantitative estimate of drug-likeness (QED) is 0.331. The first-order valence-corrected chi connectivity index (χ1v) is 9.27. The molecule has 166 valence electrons. The van der Waals surface area contributed by atoms with Crippen molar-refractivity contribution < 1.29 is 23.1 Å². The minimum absolute atomic E-state index is 0.180. The lowest BCUT2D eigenvalue weighted by molar-refractivity contribution is -0.132. The second-order valence-electron chi connectivity index (χ2n) is 7.21.